The Labute approximate surface area is 102 Å². The molecule has 7 nitrogen and oxygen atoms in total. The first-order chi connectivity index (χ1) is 7.77. The lowest BCUT2D eigenvalue weighted by molar-refractivity contribution is -0.386. The van der Waals surface area contributed by atoms with Crippen LogP contribution in [0.25, 0.3) is 0 Å². The molecule has 1 aromatic heterocycles. The van der Waals surface area contributed by atoms with Gasteiger partial charge in [0.15, 0.2) is 0 Å². The summed E-state index contributed by atoms with van der Waals surface area (Å²) in [5, 5.41) is 19.1. The van der Waals surface area contributed by atoms with Gasteiger partial charge in [-0.05, 0) is 22.9 Å². The van der Waals surface area contributed by atoms with Gasteiger partial charge < -0.3 is 5.11 Å². The van der Waals surface area contributed by atoms with E-state index in [-0.39, 0.29) is 14.6 Å². The molecule has 17 heavy (non-hydrogen) atoms. The van der Waals surface area contributed by atoms with E-state index in [0.29, 0.717) is 6.20 Å². The standard InChI is InChI=1S/C8H6BrFN2O5/c1-3-4(12(16)17)2-11(6(10)8(14)15)7(13)5(3)9/h2,6H,1H3,(H,14,15). The summed E-state index contributed by atoms with van der Waals surface area (Å²) in [4.78, 5) is 31.7. The highest BCUT2D eigenvalue weighted by Crippen LogP contribution is 2.23. The Morgan fingerprint density at radius 3 is 2.65 bits per heavy atom. The van der Waals surface area contributed by atoms with Gasteiger partial charge in [0.1, 0.15) is 0 Å². The van der Waals surface area contributed by atoms with E-state index in [1.165, 1.54) is 6.92 Å². The molecule has 1 atom stereocenters. The Morgan fingerprint density at radius 1 is 1.71 bits per heavy atom. The molecule has 0 fully saturated rings. The van der Waals surface area contributed by atoms with E-state index in [1.807, 2.05) is 0 Å². The molecule has 0 aliphatic carbocycles. The number of carboxylic acid groups (broad SMARTS) is 1. The third kappa shape index (κ3) is 2.33. The Morgan fingerprint density at radius 2 is 2.24 bits per heavy atom. The van der Waals surface area contributed by atoms with Crippen LogP contribution in [0.5, 0.6) is 0 Å². The normalized spacial score (nSPS) is 12.2. The lowest BCUT2D eigenvalue weighted by atomic mass is 10.2. The average molecular weight is 309 g/mol. The second-order valence-corrected chi connectivity index (χ2v) is 3.89. The number of pyridine rings is 1. The molecule has 1 N–H and O–H groups in total. The Kier molecular flexibility index (Phi) is 3.61. The van der Waals surface area contributed by atoms with Gasteiger partial charge in [-0.25, -0.2) is 9.18 Å². The molecule has 0 saturated heterocycles. The Bertz CT molecular complexity index is 556. The highest BCUT2D eigenvalue weighted by atomic mass is 79.9. The third-order valence-corrected chi connectivity index (χ3v) is 2.98. The van der Waals surface area contributed by atoms with E-state index in [2.05, 4.69) is 15.9 Å². The van der Waals surface area contributed by atoms with Crippen LogP contribution in [0.4, 0.5) is 10.1 Å². The number of alkyl halides is 1. The van der Waals surface area contributed by atoms with E-state index >= 15 is 0 Å². The number of aromatic nitrogens is 1. The van der Waals surface area contributed by atoms with Crippen LogP contribution in [0.15, 0.2) is 15.5 Å². The van der Waals surface area contributed by atoms with Crippen molar-refractivity contribution in [3.63, 3.8) is 0 Å². The van der Waals surface area contributed by atoms with Gasteiger partial charge in [0.25, 0.3) is 17.5 Å². The maximum Gasteiger partial charge on any atom is 0.360 e. The Balaban J connectivity index is 3.59. The Hall–Kier alpha value is -1.77. The number of rotatable bonds is 3. The van der Waals surface area contributed by atoms with E-state index in [4.69, 9.17) is 5.11 Å². The summed E-state index contributed by atoms with van der Waals surface area (Å²) in [5.74, 6) is -1.91. The predicted octanol–water partition coefficient (Wildman–Crippen LogP) is 1.38. The minimum Gasteiger partial charge on any atom is -0.478 e. The summed E-state index contributed by atoms with van der Waals surface area (Å²) in [6.07, 6.45) is -2.10. The zero-order valence-corrected chi connectivity index (χ0v) is 9.97. The van der Waals surface area contributed by atoms with Gasteiger partial charge in [-0.15, -0.1) is 0 Å². The lowest BCUT2D eigenvalue weighted by Crippen LogP contribution is -2.28. The SMILES string of the molecule is Cc1c([N+](=O)[O-])cn(C(F)C(=O)O)c(=O)c1Br. The molecule has 0 aliphatic heterocycles. The molecule has 1 rings (SSSR count). The molecule has 1 heterocycles. The van der Waals surface area contributed by atoms with Crippen LogP contribution < -0.4 is 5.56 Å². The molecule has 0 amide bonds. The zero-order valence-electron chi connectivity index (χ0n) is 8.39. The third-order valence-electron chi connectivity index (χ3n) is 2.04. The number of halogens is 2. The number of aliphatic carboxylic acids is 1. The summed E-state index contributed by atoms with van der Waals surface area (Å²) in [6, 6.07) is 0. The van der Waals surface area contributed by atoms with E-state index in [1.54, 1.807) is 0 Å². The molecular weight excluding hydrogens is 303 g/mol. The molecule has 0 aromatic carbocycles. The topological polar surface area (TPSA) is 102 Å². The number of nitro groups is 1. The first kappa shape index (κ1) is 13.3. The summed E-state index contributed by atoms with van der Waals surface area (Å²) < 4.78 is 13.1. The molecule has 9 heteroatoms. The van der Waals surface area contributed by atoms with Gasteiger partial charge in [-0.1, -0.05) is 0 Å². The van der Waals surface area contributed by atoms with Crippen LogP contribution in [-0.4, -0.2) is 20.6 Å². The van der Waals surface area contributed by atoms with Crippen LogP contribution in [0.2, 0.25) is 0 Å². The van der Waals surface area contributed by atoms with Crippen molar-refractivity contribution in [2.24, 2.45) is 0 Å². The van der Waals surface area contributed by atoms with Gasteiger partial charge >= 0.3 is 5.97 Å². The summed E-state index contributed by atoms with van der Waals surface area (Å²) in [5.41, 5.74) is -1.52. The molecule has 1 aromatic rings. The molecule has 0 radical (unpaired) electrons. The fourth-order valence-electron chi connectivity index (χ4n) is 1.14. The van der Waals surface area contributed by atoms with Gasteiger partial charge in [-0.3, -0.25) is 19.5 Å². The zero-order chi connectivity index (χ0) is 13.3. The van der Waals surface area contributed by atoms with Crippen molar-refractivity contribution >= 4 is 27.6 Å². The molecule has 1 unspecified atom stereocenters. The number of hydrogen-bond acceptors (Lipinski definition) is 4. The monoisotopic (exact) mass is 308 g/mol. The highest BCUT2D eigenvalue weighted by molar-refractivity contribution is 9.10. The maximum absolute atomic E-state index is 13.2. The van der Waals surface area contributed by atoms with Crippen molar-refractivity contribution in [2.75, 3.05) is 0 Å². The average Bonchev–Trinajstić information content (AvgIpc) is 2.24. The van der Waals surface area contributed by atoms with E-state index in [0.717, 1.165) is 0 Å². The highest BCUT2D eigenvalue weighted by Gasteiger charge is 2.25. The van der Waals surface area contributed by atoms with Crippen LogP contribution >= 0.6 is 15.9 Å². The van der Waals surface area contributed by atoms with Crippen molar-refractivity contribution < 1.29 is 19.2 Å². The van der Waals surface area contributed by atoms with Crippen molar-refractivity contribution in [1.29, 1.82) is 0 Å². The fourth-order valence-corrected chi connectivity index (χ4v) is 1.55. The summed E-state index contributed by atoms with van der Waals surface area (Å²) in [6.45, 7) is 1.29. The quantitative estimate of drug-likeness (QED) is 0.671. The van der Waals surface area contributed by atoms with Gasteiger partial charge in [0.05, 0.1) is 15.6 Å². The number of carboxylic acids is 1. The molecule has 0 aliphatic rings. The smallest absolute Gasteiger partial charge is 0.360 e. The van der Waals surface area contributed by atoms with Crippen molar-refractivity contribution in [3.05, 3.63) is 36.7 Å². The molecule has 92 valence electrons. The van der Waals surface area contributed by atoms with Crippen LogP contribution in [0.1, 0.15) is 11.9 Å². The van der Waals surface area contributed by atoms with Crippen LogP contribution in [0.3, 0.4) is 0 Å². The van der Waals surface area contributed by atoms with Gasteiger partial charge in [0, 0.05) is 5.56 Å². The second-order valence-electron chi connectivity index (χ2n) is 3.10. The van der Waals surface area contributed by atoms with Gasteiger partial charge in [-0.2, -0.15) is 0 Å². The molecule has 0 saturated carbocycles. The number of carbonyl (C=O) groups is 1. The first-order valence-electron chi connectivity index (χ1n) is 4.20. The maximum atomic E-state index is 13.2. The molecule has 0 bridgehead atoms. The second kappa shape index (κ2) is 4.62. The summed E-state index contributed by atoms with van der Waals surface area (Å²) in [7, 11) is 0. The largest absolute Gasteiger partial charge is 0.478 e. The predicted molar refractivity (Wildman–Crippen MR) is 57.6 cm³/mol. The molecule has 0 spiro atoms. The minimum atomic E-state index is -2.67. The number of hydrogen-bond donors (Lipinski definition) is 1. The molecular formula is C8H6BrFN2O5. The fraction of sp³-hybridized carbons (Fsp3) is 0.250. The van der Waals surface area contributed by atoms with Crippen molar-refractivity contribution in [1.82, 2.24) is 4.57 Å². The minimum absolute atomic E-state index is 0.00818. The van der Waals surface area contributed by atoms with Crippen molar-refractivity contribution in [3.8, 4) is 0 Å². The van der Waals surface area contributed by atoms with Crippen LogP contribution in [-0.2, 0) is 4.79 Å². The lowest BCUT2D eigenvalue weighted by Gasteiger charge is -2.09. The van der Waals surface area contributed by atoms with Crippen LogP contribution in [0, 0.1) is 17.0 Å². The van der Waals surface area contributed by atoms with Gasteiger partial charge in [0.2, 0.25) is 0 Å². The van der Waals surface area contributed by atoms with E-state index in [9.17, 15) is 24.1 Å². The van der Waals surface area contributed by atoms with Crippen molar-refractivity contribution in [2.45, 2.75) is 13.2 Å². The first-order valence-corrected chi connectivity index (χ1v) is 4.99. The summed E-state index contributed by atoms with van der Waals surface area (Å²) >= 11 is 2.77. The number of nitrogens with zero attached hydrogens (tertiary/aromatic N) is 2. The van der Waals surface area contributed by atoms with E-state index < -0.39 is 28.4 Å².